The normalized spacial score (nSPS) is 47.7. The molecule has 15 N–H and O–H groups in total. The predicted molar refractivity (Wildman–Crippen MR) is 344 cm³/mol. The lowest BCUT2D eigenvalue weighted by atomic mass is 9.33. The highest BCUT2D eigenvalue weighted by Crippen LogP contribution is 2.76. The minimum Gasteiger partial charge on any atom is -0.493 e. The Bertz CT molecular complexity index is 3200. The van der Waals surface area contributed by atoms with Crippen molar-refractivity contribution in [1.82, 2.24) is 0 Å². The molecule has 11 rings (SSSR count). The third-order valence-electron chi connectivity index (χ3n) is 25.1. The molecule has 1 aromatic carbocycles. The zero-order valence-electron chi connectivity index (χ0n) is 58.9. The number of fused-ring (bicyclic) bond motifs is 7. The van der Waals surface area contributed by atoms with Gasteiger partial charge in [0.1, 0.15) is 85.0 Å². The number of ether oxygens (including phenoxy) is 14. The molecule has 576 valence electrons. The molecule has 5 saturated heterocycles. The van der Waals surface area contributed by atoms with E-state index in [0.29, 0.717) is 31.2 Å². The summed E-state index contributed by atoms with van der Waals surface area (Å²) < 4.78 is 83.7. The summed E-state index contributed by atoms with van der Waals surface area (Å²) in [5, 5.41) is 168. The number of carboxylic acids is 1. The number of hydrogen-bond acceptors (Lipinski definition) is 31. The van der Waals surface area contributed by atoms with Gasteiger partial charge in [-0.25, -0.2) is 4.79 Å². The minimum absolute atomic E-state index is 0.00577. The Labute approximate surface area is 589 Å². The van der Waals surface area contributed by atoms with Crippen molar-refractivity contribution in [3.63, 3.8) is 0 Å². The zero-order chi connectivity index (χ0) is 74.5. The molecule has 32 nitrogen and oxygen atoms in total. The van der Waals surface area contributed by atoms with Gasteiger partial charge in [0.15, 0.2) is 48.9 Å². The second kappa shape index (κ2) is 29.6. The first-order valence-corrected chi connectivity index (χ1v) is 35.0. The van der Waals surface area contributed by atoms with Gasteiger partial charge in [0.25, 0.3) is 0 Å². The number of esters is 2. The molecular weight excluding hydrogens is 1350 g/mol. The highest BCUT2D eigenvalue weighted by Gasteiger charge is 2.74. The van der Waals surface area contributed by atoms with Crippen molar-refractivity contribution < 1.29 is 157 Å². The van der Waals surface area contributed by atoms with Crippen LogP contribution in [0.15, 0.2) is 29.9 Å². The summed E-state index contributed by atoms with van der Waals surface area (Å²) in [6.07, 6.45) is -32.8. The first-order valence-electron chi connectivity index (χ1n) is 35.0. The van der Waals surface area contributed by atoms with E-state index in [-0.39, 0.29) is 56.0 Å². The van der Waals surface area contributed by atoms with E-state index in [1.807, 2.05) is 6.92 Å². The number of aliphatic hydroxyl groups is 14. The number of hydrogen-bond donors (Lipinski definition) is 15. The maximum absolute atomic E-state index is 16.1. The molecule has 32 heteroatoms. The SMILES string of the molecule is COc1cc(/C=C/C(=O)O[C@H]2[C@H](O)[C@@H](O[C@H]3O[C@@H](C)[C@H](O[C@@H]4OC[C@@H](O)[C@H](O)[C@H]4O)[C@@H](O[C@H]4OC[C@@](O)(CO)[C@@H]4O)[C@@H]3O)[C@H](OC(=O)[C@]34CCC(C)(C)C[C@@H]3C3=CC[C@@H]5[C@]6(C)C[C@H](O)[C@@H](O[C@@H]7O[C@@H](CO)[C@@H](O)[C@H](O)[C@H]7O)[C@](C)(C(=O)O)[C@H]6CC[C@@]5(C)[C@@]3(CO)CC4)O[C@@H]2C)cc(OC)c1OC. The Hall–Kier alpha value is -4.41. The molecule has 10 aliphatic rings. The number of carbonyl (C=O) groups excluding carboxylic acids is 2. The molecule has 4 saturated carbocycles. The summed E-state index contributed by atoms with van der Waals surface area (Å²) in [7, 11) is 4.25. The molecule has 5 aliphatic carbocycles. The fourth-order valence-corrected chi connectivity index (χ4v) is 19.2. The van der Waals surface area contributed by atoms with Crippen LogP contribution < -0.4 is 14.2 Å². The Morgan fingerprint density at radius 2 is 1.24 bits per heavy atom. The maximum atomic E-state index is 16.1. The summed E-state index contributed by atoms with van der Waals surface area (Å²) in [5.41, 5.74) is -7.50. The van der Waals surface area contributed by atoms with Crippen molar-refractivity contribution in [2.24, 2.45) is 50.2 Å². The lowest BCUT2D eigenvalue weighted by Crippen LogP contribution is -2.71. The fourth-order valence-electron chi connectivity index (χ4n) is 19.2. The van der Waals surface area contributed by atoms with E-state index in [1.165, 1.54) is 48.2 Å². The number of methoxy groups -OCH3 is 3. The average Bonchev–Trinajstić information content (AvgIpc) is 0.708. The number of carboxylic acid groups (broad SMARTS) is 1. The average molecular weight is 1460 g/mol. The van der Waals surface area contributed by atoms with Gasteiger partial charge in [0.05, 0.1) is 83.5 Å². The van der Waals surface area contributed by atoms with Crippen molar-refractivity contribution in [3.8, 4) is 17.2 Å². The van der Waals surface area contributed by atoms with Gasteiger partial charge in [-0.15, -0.1) is 0 Å². The standard InChI is InChI=1S/C70H104O32/c1-30-50(97-42(76)14-11-32-21-37(89-8)52(91-10)38(22-32)90-9)48(82)54(100-59-49(83)53(99-61-55(84)70(88,28-73)29-93-61)51(31(2)94-59)98-57-46(80)43(77)36(75)26-92-57)60(95-30)102-63(87)68-18-17-64(3,4)23-34(68)33-12-13-40-65(5)24-35(74)56(101-58-47(81)45(79)44(78)39(25-71)96-58)67(7,62(85)86)41(65)15-16-66(40,6)69(33,27-72)20-19-68/h11-12,14,21-22,30-31,34-36,39-41,43-51,53-61,71-75,77-84,88H,13,15-20,23-29H2,1-10H3,(H,85,86)/b14-11+/t30-,31+,34-,35+,36-,39+,40-,41+,43+,44-,45+,46-,47-,48+,49+,50-,51+,53+,54-,55-,56-,57+,58+,59-,60+,61-,65+,66-,67-,68+,69-,70+/m1/s1. The number of rotatable bonds is 20. The predicted octanol–water partition coefficient (Wildman–Crippen LogP) is -1.58. The molecule has 5 heterocycles. The van der Waals surface area contributed by atoms with Crippen molar-refractivity contribution in [1.29, 1.82) is 0 Å². The first kappa shape index (κ1) is 78.7. The zero-order valence-corrected chi connectivity index (χ0v) is 58.9. The topological polar surface area (TPSA) is 484 Å². The molecular formula is C70H104O32. The lowest BCUT2D eigenvalue weighted by Gasteiger charge is -2.71. The number of benzene rings is 1. The second-order valence-electron chi connectivity index (χ2n) is 31.3. The van der Waals surface area contributed by atoms with Crippen molar-refractivity contribution in [2.45, 2.75) is 253 Å². The van der Waals surface area contributed by atoms with Crippen LogP contribution in [-0.2, 0) is 66.5 Å². The van der Waals surface area contributed by atoms with E-state index in [0.717, 1.165) is 11.6 Å². The smallest absolute Gasteiger partial charge is 0.331 e. The molecule has 0 unspecified atom stereocenters. The van der Waals surface area contributed by atoms with Crippen LogP contribution in [0.25, 0.3) is 6.08 Å². The first-order chi connectivity index (χ1) is 48.0. The molecule has 0 aromatic heterocycles. The highest BCUT2D eigenvalue weighted by atomic mass is 16.8. The lowest BCUT2D eigenvalue weighted by molar-refractivity contribution is -0.384. The van der Waals surface area contributed by atoms with E-state index >= 15 is 4.79 Å². The Morgan fingerprint density at radius 1 is 0.608 bits per heavy atom. The van der Waals surface area contributed by atoms with Crippen LogP contribution in [-0.4, -0.2) is 296 Å². The van der Waals surface area contributed by atoms with Gasteiger partial charge in [-0.05, 0) is 136 Å². The summed E-state index contributed by atoms with van der Waals surface area (Å²) in [4.78, 5) is 44.0. The van der Waals surface area contributed by atoms with Crippen LogP contribution in [0.3, 0.4) is 0 Å². The molecule has 0 amide bonds. The van der Waals surface area contributed by atoms with Gasteiger partial charge in [-0.3, -0.25) is 9.59 Å². The van der Waals surface area contributed by atoms with Crippen LogP contribution in [0.1, 0.15) is 112 Å². The van der Waals surface area contributed by atoms with Crippen LogP contribution in [0.5, 0.6) is 17.2 Å². The van der Waals surface area contributed by atoms with E-state index < -0.39 is 242 Å². The molecule has 9 fully saturated rings. The highest BCUT2D eigenvalue weighted by molar-refractivity contribution is 5.87. The number of aliphatic carboxylic acids is 1. The van der Waals surface area contributed by atoms with Gasteiger partial charge in [0, 0.05) is 11.5 Å². The van der Waals surface area contributed by atoms with Crippen molar-refractivity contribution in [3.05, 3.63) is 35.4 Å². The van der Waals surface area contributed by atoms with Gasteiger partial charge >= 0.3 is 17.9 Å². The van der Waals surface area contributed by atoms with E-state index in [4.69, 9.17) is 66.3 Å². The van der Waals surface area contributed by atoms with Crippen LogP contribution >= 0.6 is 0 Å². The molecule has 32 atom stereocenters. The summed E-state index contributed by atoms with van der Waals surface area (Å²) in [6.45, 7) is 9.25. The largest absolute Gasteiger partial charge is 0.493 e. The summed E-state index contributed by atoms with van der Waals surface area (Å²) >= 11 is 0. The van der Waals surface area contributed by atoms with Gasteiger partial charge in [-0.1, -0.05) is 39.3 Å². The summed E-state index contributed by atoms with van der Waals surface area (Å²) in [6, 6.07) is 3.13. The fraction of sp³-hybridized carbons (Fsp3) is 0.814. The Balaban J connectivity index is 0.913. The van der Waals surface area contributed by atoms with Crippen LogP contribution in [0.2, 0.25) is 0 Å². The molecule has 0 radical (unpaired) electrons. The quantitative estimate of drug-likeness (QED) is 0.0303. The van der Waals surface area contributed by atoms with Gasteiger partial charge < -0.3 is 143 Å². The maximum Gasteiger partial charge on any atom is 0.331 e. The monoisotopic (exact) mass is 1460 g/mol. The third-order valence-corrected chi connectivity index (χ3v) is 25.1. The number of carbonyl (C=O) groups is 3. The van der Waals surface area contributed by atoms with E-state index in [1.54, 1.807) is 12.1 Å². The summed E-state index contributed by atoms with van der Waals surface area (Å²) in [5.74, 6) is -4.00. The molecule has 0 spiro atoms. The molecule has 0 bridgehead atoms. The molecule has 5 aliphatic heterocycles. The van der Waals surface area contributed by atoms with Gasteiger partial charge in [0.2, 0.25) is 12.0 Å². The van der Waals surface area contributed by atoms with Crippen LogP contribution in [0.4, 0.5) is 0 Å². The second-order valence-corrected chi connectivity index (χ2v) is 31.3. The Kier molecular flexibility index (Phi) is 22.8. The number of allylic oxidation sites excluding steroid dienone is 1. The van der Waals surface area contributed by atoms with E-state index in [2.05, 4.69) is 26.8 Å². The van der Waals surface area contributed by atoms with Crippen molar-refractivity contribution >= 4 is 24.0 Å². The third kappa shape index (κ3) is 13.3. The van der Waals surface area contributed by atoms with E-state index in [9.17, 15) is 86.2 Å². The van der Waals surface area contributed by atoms with Crippen LogP contribution in [0, 0.1) is 50.2 Å². The molecule has 102 heavy (non-hydrogen) atoms. The Morgan fingerprint density at radius 3 is 1.86 bits per heavy atom. The number of aliphatic hydroxyl groups excluding tert-OH is 13. The minimum atomic E-state index is -2.25. The van der Waals surface area contributed by atoms with Crippen molar-refractivity contribution in [2.75, 3.05) is 54.4 Å². The van der Waals surface area contributed by atoms with Gasteiger partial charge in [-0.2, -0.15) is 0 Å². The molecule has 1 aromatic rings.